The summed E-state index contributed by atoms with van der Waals surface area (Å²) in [5.41, 5.74) is 5.67. The van der Waals surface area contributed by atoms with Crippen LogP contribution in [-0.2, 0) is 13.0 Å². The van der Waals surface area contributed by atoms with Gasteiger partial charge in [-0.3, -0.25) is 0 Å². The number of rotatable bonds is 6. The van der Waals surface area contributed by atoms with Crippen LogP contribution in [0.5, 0.6) is 0 Å². The average Bonchev–Trinajstić information content (AvgIpc) is 2.60. The van der Waals surface area contributed by atoms with Gasteiger partial charge in [0.2, 0.25) is 0 Å². The number of urea groups is 1. The Balaban J connectivity index is 2.19. The lowest BCUT2D eigenvalue weighted by atomic mass is 9.88. The van der Waals surface area contributed by atoms with E-state index in [1.165, 1.54) is 5.56 Å². The molecular formula is C27H39ClN2O. The highest BCUT2D eigenvalue weighted by atomic mass is 35.5. The first kappa shape index (κ1) is 25.3. The number of hydrogen-bond donors (Lipinski definition) is 1. The number of nitrogens with zero attached hydrogens (tertiary/aromatic N) is 1. The molecule has 0 aliphatic heterocycles. The van der Waals surface area contributed by atoms with Crippen LogP contribution in [0, 0.1) is 24.7 Å². The Morgan fingerprint density at radius 2 is 1.42 bits per heavy atom. The lowest BCUT2D eigenvalue weighted by Gasteiger charge is -2.28. The van der Waals surface area contributed by atoms with Crippen molar-refractivity contribution in [1.29, 1.82) is 0 Å². The molecule has 3 nitrogen and oxygen atoms in total. The third kappa shape index (κ3) is 8.57. The van der Waals surface area contributed by atoms with E-state index in [0.717, 1.165) is 35.2 Å². The van der Waals surface area contributed by atoms with Crippen LogP contribution in [-0.4, -0.2) is 17.5 Å². The second-order valence-corrected chi connectivity index (χ2v) is 11.6. The van der Waals surface area contributed by atoms with Gasteiger partial charge < -0.3 is 10.2 Å². The number of hydrogen-bond acceptors (Lipinski definition) is 1. The van der Waals surface area contributed by atoms with Gasteiger partial charge in [-0.15, -0.1) is 0 Å². The third-order valence-electron chi connectivity index (χ3n) is 5.28. The molecule has 0 unspecified atom stereocenters. The van der Waals surface area contributed by atoms with Crippen LogP contribution in [0.1, 0.15) is 70.2 Å². The minimum Gasteiger partial charge on any atom is -0.320 e. The first-order valence-electron chi connectivity index (χ1n) is 11.1. The smallest absolute Gasteiger partial charge is 0.320 e. The van der Waals surface area contributed by atoms with E-state index < -0.39 is 0 Å². The molecule has 0 aromatic heterocycles. The number of amides is 2. The lowest BCUT2D eigenvalue weighted by Crippen LogP contribution is -2.37. The number of benzene rings is 2. The van der Waals surface area contributed by atoms with Gasteiger partial charge in [0, 0.05) is 23.8 Å². The van der Waals surface area contributed by atoms with Gasteiger partial charge in [-0.05, 0) is 71.9 Å². The van der Waals surface area contributed by atoms with E-state index in [-0.39, 0.29) is 16.9 Å². The quantitative estimate of drug-likeness (QED) is 0.482. The summed E-state index contributed by atoms with van der Waals surface area (Å²) >= 11 is 6.16. The minimum absolute atomic E-state index is 0.0726. The molecule has 4 heteroatoms. The first-order chi connectivity index (χ1) is 14.2. The molecule has 0 aliphatic carbocycles. The predicted octanol–water partition coefficient (Wildman–Crippen LogP) is 8.02. The summed E-state index contributed by atoms with van der Waals surface area (Å²) in [6.07, 6.45) is 1.97. The Labute approximate surface area is 194 Å². The second kappa shape index (κ2) is 10.1. The molecule has 0 saturated heterocycles. The zero-order chi connectivity index (χ0) is 23.4. The van der Waals surface area contributed by atoms with Crippen LogP contribution < -0.4 is 5.32 Å². The maximum Gasteiger partial charge on any atom is 0.322 e. The van der Waals surface area contributed by atoms with Crippen LogP contribution in [0.4, 0.5) is 10.5 Å². The van der Waals surface area contributed by atoms with Gasteiger partial charge in [-0.25, -0.2) is 4.79 Å². The third-order valence-corrected chi connectivity index (χ3v) is 5.50. The van der Waals surface area contributed by atoms with Crippen LogP contribution >= 0.6 is 11.6 Å². The molecule has 31 heavy (non-hydrogen) atoms. The Kier molecular flexibility index (Phi) is 8.21. The molecular weight excluding hydrogens is 404 g/mol. The van der Waals surface area contributed by atoms with Crippen molar-refractivity contribution in [2.45, 2.75) is 74.8 Å². The van der Waals surface area contributed by atoms with Crippen molar-refractivity contribution >= 4 is 23.3 Å². The summed E-state index contributed by atoms with van der Waals surface area (Å²) in [6.45, 7) is 18.6. The maximum absolute atomic E-state index is 13.3. The molecule has 0 bridgehead atoms. The van der Waals surface area contributed by atoms with Crippen LogP contribution in [0.15, 0.2) is 36.4 Å². The summed E-state index contributed by atoms with van der Waals surface area (Å²) in [4.78, 5) is 15.2. The molecule has 170 valence electrons. The zero-order valence-corrected chi connectivity index (χ0v) is 21.3. The molecule has 0 saturated carbocycles. The normalized spacial score (nSPS) is 12.0. The summed E-state index contributed by atoms with van der Waals surface area (Å²) < 4.78 is 0. The van der Waals surface area contributed by atoms with E-state index in [1.807, 2.05) is 30.9 Å². The van der Waals surface area contributed by atoms with E-state index >= 15 is 0 Å². The van der Waals surface area contributed by atoms with Gasteiger partial charge in [-0.1, -0.05) is 77.4 Å². The van der Waals surface area contributed by atoms with E-state index in [1.54, 1.807) is 0 Å². The topological polar surface area (TPSA) is 32.3 Å². The summed E-state index contributed by atoms with van der Waals surface area (Å²) in [7, 11) is 0. The zero-order valence-electron chi connectivity index (χ0n) is 20.5. The molecule has 0 radical (unpaired) electrons. The van der Waals surface area contributed by atoms with Crippen molar-refractivity contribution in [3.05, 3.63) is 63.7 Å². The molecule has 0 fully saturated rings. The second-order valence-electron chi connectivity index (χ2n) is 11.1. The van der Waals surface area contributed by atoms with Gasteiger partial charge in [0.1, 0.15) is 0 Å². The molecule has 0 heterocycles. The van der Waals surface area contributed by atoms with Gasteiger partial charge in [0.15, 0.2) is 0 Å². The molecule has 0 atom stereocenters. The Morgan fingerprint density at radius 3 is 1.90 bits per heavy atom. The van der Waals surface area contributed by atoms with E-state index in [4.69, 9.17) is 11.6 Å². The molecule has 1 N–H and O–H groups in total. The van der Waals surface area contributed by atoms with Crippen LogP contribution in [0.25, 0.3) is 0 Å². The minimum atomic E-state index is -0.0726. The summed E-state index contributed by atoms with van der Waals surface area (Å²) in [5, 5.41) is 3.82. The maximum atomic E-state index is 13.3. The van der Waals surface area contributed by atoms with Crippen LogP contribution in [0.2, 0.25) is 5.02 Å². The highest BCUT2D eigenvalue weighted by molar-refractivity contribution is 6.30. The molecule has 0 spiro atoms. The number of halogens is 1. The fourth-order valence-corrected chi connectivity index (χ4v) is 3.94. The predicted molar refractivity (Wildman–Crippen MR) is 134 cm³/mol. The highest BCUT2D eigenvalue weighted by Crippen LogP contribution is 2.26. The van der Waals surface area contributed by atoms with Gasteiger partial charge in [0.05, 0.1) is 0 Å². The largest absolute Gasteiger partial charge is 0.322 e. The number of carbonyl (C=O) groups excluding carboxylic acids is 1. The lowest BCUT2D eigenvalue weighted by molar-refractivity contribution is 0.198. The number of carbonyl (C=O) groups is 1. The summed E-state index contributed by atoms with van der Waals surface area (Å²) in [5.74, 6) is 0. The van der Waals surface area contributed by atoms with E-state index in [2.05, 4.69) is 71.1 Å². The SMILES string of the molecule is Cc1cc(Cl)cc(C)c1NC(=O)N(CCC(C)(C)C)Cc1ccc(CC(C)(C)C)cc1. The Hall–Kier alpha value is -2.00. The van der Waals surface area contributed by atoms with Crippen molar-refractivity contribution in [1.82, 2.24) is 4.90 Å². The van der Waals surface area contributed by atoms with Crippen molar-refractivity contribution in [3.8, 4) is 0 Å². The van der Waals surface area contributed by atoms with E-state index in [9.17, 15) is 4.79 Å². The monoisotopic (exact) mass is 442 g/mol. The molecule has 2 aromatic carbocycles. The fraction of sp³-hybridized carbons (Fsp3) is 0.519. The molecule has 2 amide bonds. The van der Waals surface area contributed by atoms with Gasteiger partial charge in [-0.2, -0.15) is 0 Å². The first-order valence-corrected chi connectivity index (χ1v) is 11.5. The van der Waals surface area contributed by atoms with Crippen molar-refractivity contribution in [2.75, 3.05) is 11.9 Å². The van der Waals surface area contributed by atoms with Gasteiger partial charge in [0.25, 0.3) is 0 Å². The fourth-order valence-electron chi connectivity index (χ4n) is 3.61. The highest BCUT2D eigenvalue weighted by Gasteiger charge is 2.20. The van der Waals surface area contributed by atoms with Crippen molar-refractivity contribution in [2.24, 2.45) is 10.8 Å². The Morgan fingerprint density at radius 1 is 0.903 bits per heavy atom. The number of nitrogens with one attached hydrogen (secondary N) is 1. The van der Waals surface area contributed by atoms with Crippen molar-refractivity contribution in [3.63, 3.8) is 0 Å². The molecule has 2 aromatic rings. The number of anilines is 1. The standard InChI is InChI=1S/C27H39ClN2O/c1-19-15-23(28)16-20(2)24(19)29-25(31)30(14-13-26(3,4)5)18-22-11-9-21(10-12-22)17-27(6,7)8/h9-12,15-16H,13-14,17-18H2,1-8H3,(H,29,31). The average molecular weight is 443 g/mol. The van der Waals surface area contributed by atoms with Crippen LogP contribution in [0.3, 0.4) is 0 Å². The number of aryl methyl sites for hydroxylation is 2. The van der Waals surface area contributed by atoms with Gasteiger partial charge >= 0.3 is 6.03 Å². The van der Waals surface area contributed by atoms with E-state index in [0.29, 0.717) is 18.1 Å². The Bertz CT molecular complexity index is 866. The summed E-state index contributed by atoms with van der Waals surface area (Å²) in [6, 6.07) is 12.4. The molecule has 0 aliphatic rings. The van der Waals surface area contributed by atoms with Crippen molar-refractivity contribution < 1.29 is 4.79 Å². The molecule has 2 rings (SSSR count).